The van der Waals surface area contributed by atoms with E-state index in [0.717, 1.165) is 0 Å². The molecule has 1 fully saturated rings. The fourth-order valence-corrected chi connectivity index (χ4v) is 2.49. The van der Waals surface area contributed by atoms with Crippen LogP contribution in [0.15, 0.2) is 29.2 Å². The number of rotatable bonds is 6. The average Bonchev–Trinajstić information content (AvgIpc) is 3.13. The molecule has 1 aliphatic rings. The Balaban J connectivity index is 1.99. The van der Waals surface area contributed by atoms with Crippen LogP contribution in [0.3, 0.4) is 0 Å². The predicted molar refractivity (Wildman–Crippen MR) is 63.4 cm³/mol. The van der Waals surface area contributed by atoms with Crippen molar-refractivity contribution in [3.63, 3.8) is 0 Å². The molecule has 0 radical (unpaired) electrons. The van der Waals surface area contributed by atoms with E-state index < -0.39 is 16.8 Å². The summed E-state index contributed by atoms with van der Waals surface area (Å²) in [6.07, 6.45) is 2.36. The smallest absolute Gasteiger partial charge is 0.336 e. The third-order valence-electron chi connectivity index (χ3n) is 2.60. The molecule has 0 bridgehead atoms. The third kappa shape index (κ3) is 3.38. The highest BCUT2D eigenvalue weighted by molar-refractivity contribution is 7.85. The lowest BCUT2D eigenvalue weighted by Gasteiger charge is -2.06. The number of benzene rings is 1. The number of ether oxygens (including phenoxy) is 1. The first-order valence-electron chi connectivity index (χ1n) is 5.47. The van der Waals surface area contributed by atoms with Gasteiger partial charge in [0.25, 0.3) is 0 Å². The number of carboxylic acids is 1. The summed E-state index contributed by atoms with van der Waals surface area (Å²) in [5, 5.41) is 8.96. The fourth-order valence-electron chi connectivity index (χ4n) is 1.48. The molecule has 0 aromatic heterocycles. The molecule has 2 rings (SSSR count). The molecule has 0 saturated heterocycles. The molecule has 1 saturated carbocycles. The molecule has 0 amide bonds. The molecule has 1 N–H and O–H groups in total. The Bertz CT molecular complexity index is 440. The van der Waals surface area contributed by atoms with E-state index in [-0.39, 0.29) is 11.5 Å². The van der Waals surface area contributed by atoms with E-state index in [2.05, 4.69) is 0 Å². The van der Waals surface area contributed by atoms with Crippen LogP contribution in [0.25, 0.3) is 0 Å². The molecule has 4 nitrogen and oxygen atoms in total. The normalized spacial score (nSPS) is 16.7. The van der Waals surface area contributed by atoms with Crippen LogP contribution in [0.1, 0.15) is 23.2 Å². The summed E-state index contributed by atoms with van der Waals surface area (Å²) >= 11 is 0. The Hall–Kier alpha value is -1.20. The number of aromatic carboxylic acids is 1. The molecular formula is C12H14O4S. The standard InChI is InChI=1S/C12H14O4S/c13-12(14)10-3-1-2-4-11(10)17(15)8-16-7-9-5-6-9/h1-4,9H,5-8H2,(H,13,14). The van der Waals surface area contributed by atoms with Crippen molar-refractivity contribution < 1.29 is 18.8 Å². The Morgan fingerprint density at radius 3 is 2.76 bits per heavy atom. The number of hydrogen-bond donors (Lipinski definition) is 1. The van der Waals surface area contributed by atoms with E-state index in [1.165, 1.54) is 18.9 Å². The zero-order valence-electron chi connectivity index (χ0n) is 9.30. The average molecular weight is 254 g/mol. The largest absolute Gasteiger partial charge is 0.478 e. The second-order valence-corrected chi connectivity index (χ2v) is 5.45. The van der Waals surface area contributed by atoms with Crippen LogP contribution in [0, 0.1) is 5.92 Å². The van der Waals surface area contributed by atoms with Gasteiger partial charge in [0.05, 0.1) is 27.9 Å². The van der Waals surface area contributed by atoms with Crippen molar-refractivity contribution in [1.82, 2.24) is 0 Å². The van der Waals surface area contributed by atoms with Gasteiger partial charge in [0.1, 0.15) is 5.94 Å². The third-order valence-corrected chi connectivity index (χ3v) is 3.83. The van der Waals surface area contributed by atoms with Gasteiger partial charge in [-0.1, -0.05) is 12.1 Å². The molecule has 0 spiro atoms. The second-order valence-electron chi connectivity index (χ2n) is 4.08. The van der Waals surface area contributed by atoms with Gasteiger partial charge in [-0.05, 0) is 30.9 Å². The minimum Gasteiger partial charge on any atom is -0.478 e. The molecular weight excluding hydrogens is 240 g/mol. The van der Waals surface area contributed by atoms with Crippen molar-refractivity contribution in [1.29, 1.82) is 0 Å². The molecule has 1 aliphatic carbocycles. The monoisotopic (exact) mass is 254 g/mol. The maximum atomic E-state index is 11.9. The molecule has 1 unspecified atom stereocenters. The van der Waals surface area contributed by atoms with Gasteiger partial charge >= 0.3 is 5.97 Å². The van der Waals surface area contributed by atoms with Crippen LogP contribution >= 0.6 is 0 Å². The minimum absolute atomic E-state index is 0.0702. The zero-order valence-corrected chi connectivity index (χ0v) is 10.1. The van der Waals surface area contributed by atoms with Crippen molar-refractivity contribution in [2.75, 3.05) is 12.5 Å². The van der Waals surface area contributed by atoms with Crippen LogP contribution < -0.4 is 0 Å². The highest BCUT2D eigenvalue weighted by Gasteiger charge is 2.22. The lowest BCUT2D eigenvalue weighted by molar-refractivity contribution is 0.0693. The summed E-state index contributed by atoms with van der Waals surface area (Å²) in [6.45, 7) is 0.626. The highest BCUT2D eigenvalue weighted by atomic mass is 32.2. The van der Waals surface area contributed by atoms with E-state index >= 15 is 0 Å². The number of carboxylic acid groups (broad SMARTS) is 1. The Morgan fingerprint density at radius 2 is 2.12 bits per heavy atom. The Kier molecular flexibility index (Phi) is 3.91. The van der Waals surface area contributed by atoms with E-state index in [9.17, 15) is 9.00 Å². The molecule has 1 aromatic carbocycles. The topological polar surface area (TPSA) is 63.6 Å². The molecule has 17 heavy (non-hydrogen) atoms. The maximum absolute atomic E-state index is 11.9. The summed E-state index contributed by atoms with van der Waals surface area (Å²) < 4.78 is 17.2. The first-order chi connectivity index (χ1) is 8.18. The molecule has 1 atom stereocenters. The van der Waals surface area contributed by atoms with Gasteiger partial charge in [-0.15, -0.1) is 0 Å². The van der Waals surface area contributed by atoms with Gasteiger partial charge in [0.15, 0.2) is 0 Å². The zero-order chi connectivity index (χ0) is 12.3. The first kappa shape index (κ1) is 12.3. The summed E-state index contributed by atoms with van der Waals surface area (Å²) in [6, 6.07) is 6.33. The summed E-state index contributed by atoms with van der Waals surface area (Å²) in [7, 11) is -1.41. The maximum Gasteiger partial charge on any atom is 0.336 e. The lowest BCUT2D eigenvalue weighted by Crippen LogP contribution is -2.09. The van der Waals surface area contributed by atoms with E-state index in [4.69, 9.17) is 9.84 Å². The fraction of sp³-hybridized carbons (Fsp3) is 0.417. The Morgan fingerprint density at radius 1 is 1.41 bits per heavy atom. The van der Waals surface area contributed by atoms with Gasteiger partial charge in [-0.2, -0.15) is 0 Å². The molecule has 5 heteroatoms. The second kappa shape index (κ2) is 5.42. The van der Waals surface area contributed by atoms with Gasteiger partial charge in [0.2, 0.25) is 0 Å². The Labute approximate surface area is 102 Å². The van der Waals surface area contributed by atoms with E-state index in [1.807, 2.05) is 0 Å². The van der Waals surface area contributed by atoms with Gasteiger partial charge in [-0.25, -0.2) is 4.79 Å². The van der Waals surface area contributed by atoms with Crippen molar-refractivity contribution in [3.05, 3.63) is 29.8 Å². The molecule has 0 aliphatic heterocycles. The van der Waals surface area contributed by atoms with E-state index in [0.29, 0.717) is 17.4 Å². The summed E-state index contributed by atoms with van der Waals surface area (Å²) in [4.78, 5) is 11.3. The van der Waals surface area contributed by atoms with E-state index in [1.54, 1.807) is 18.2 Å². The van der Waals surface area contributed by atoms with Gasteiger partial charge in [0, 0.05) is 0 Å². The summed E-state index contributed by atoms with van der Waals surface area (Å²) in [5.41, 5.74) is 0.0841. The minimum atomic E-state index is -1.41. The summed E-state index contributed by atoms with van der Waals surface area (Å²) in [5.74, 6) is -0.376. The van der Waals surface area contributed by atoms with Crippen molar-refractivity contribution in [2.45, 2.75) is 17.7 Å². The van der Waals surface area contributed by atoms with Crippen molar-refractivity contribution in [3.8, 4) is 0 Å². The van der Waals surface area contributed by atoms with Gasteiger partial charge in [-0.3, -0.25) is 4.21 Å². The molecule has 1 aromatic rings. The first-order valence-corrected chi connectivity index (χ1v) is 6.79. The molecule has 92 valence electrons. The number of hydrogen-bond acceptors (Lipinski definition) is 3. The van der Waals surface area contributed by atoms with Crippen molar-refractivity contribution >= 4 is 16.8 Å². The van der Waals surface area contributed by atoms with Crippen molar-refractivity contribution in [2.24, 2.45) is 5.92 Å². The SMILES string of the molecule is O=C(O)c1ccccc1S(=O)COCC1CC1. The van der Waals surface area contributed by atoms with Gasteiger partial charge < -0.3 is 9.84 Å². The number of carbonyl (C=O) groups is 1. The molecule has 0 heterocycles. The van der Waals surface area contributed by atoms with Crippen LogP contribution in [0.5, 0.6) is 0 Å². The van der Waals surface area contributed by atoms with Crippen LogP contribution in [0.4, 0.5) is 0 Å². The van der Waals surface area contributed by atoms with Crippen LogP contribution in [-0.2, 0) is 15.5 Å². The predicted octanol–water partition coefficient (Wildman–Crippen LogP) is 1.88. The highest BCUT2D eigenvalue weighted by Crippen LogP contribution is 2.29. The quantitative estimate of drug-likeness (QED) is 0.841. The van der Waals surface area contributed by atoms with Crippen LogP contribution in [0.2, 0.25) is 0 Å². The van der Waals surface area contributed by atoms with Crippen LogP contribution in [-0.4, -0.2) is 27.8 Å². The lowest BCUT2D eigenvalue weighted by atomic mass is 10.2.